The maximum Gasteiger partial charge on any atom is 0.118 e. The summed E-state index contributed by atoms with van der Waals surface area (Å²) in [6.45, 7) is 2.06. The van der Waals surface area contributed by atoms with Crippen molar-refractivity contribution in [2.24, 2.45) is 0 Å². The smallest absolute Gasteiger partial charge is 0.118 e. The number of aromatic hydroxyl groups is 1. The fraction of sp³-hybridized carbons (Fsp3) is 0.0588. The molecule has 3 aromatic rings. The first-order valence-corrected chi connectivity index (χ1v) is 6.28. The van der Waals surface area contributed by atoms with Gasteiger partial charge in [-0.2, -0.15) is 0 Å². The van der Waals surface area contributed by atoms with Crippen molar-refractivity contribution in [3.63, 3.8) is 0 Å². The fourth-order valence-electron chi connectivity index (χ4n) is 2.26. The molecule has 2 nitrogen and oxygen atoms in total. The number of para-hydroxylation sites is 1. The van der Waals surface area contributed by atoms with E-state index in [1.807, 2.05) is 36.4 Å². The summed E-state index contributed by atoms with van der Waals surface area (Å²) in [5.41, 5.74) is 3.15. The Balaban J connectivity index is 2.13. The van der Waals surface area contributed by atoms with Crippen LogP contribution in [-0.4, -0.2) is 5.11 Å². The highest BCUT2D eigenvalue weighted by molar-refractivity contribution is 5.96. The zero-order valence-corrected chi connectivity index (χ0v) is 10.7. The molecule has 0 radical (unpaired) electrons. The molecule has 2 N–H and O–H groups in total. The lowest BCUT2D eigenvalue weighted by atomic mass is 10.1. The van der Waals surface area contributed by atoms with Gasteiger partial charge in [-0.05, 0) is 30.0 Å². The molecule has 0 atom stereocenters. The topological polar surface area (TPSA) is 32.3 Å². The highest BCUT2D eigenvalue weighted by Gasteiger charge is 2.05. The van der Waals surface area contributed by atoms with Gasteiger partial charge in [0.05, 0.1) is 5.69 Å². The minimum Gasteiger partial charge on any atom is -0.508 e. The largest absolute Gasteiger partial charge is 0.508 e. The van der Waals surface area contributed by atoms with Crippen molar-refractivity contribution in [1.82, 2.24) is 0 Å². The fourth-order valence-corrected chi connectivity index (χ4v) is 2.26. The molecule has 0 aliphatic rings. The quantitative estimate of drug-likeness (QED) is 0.695. The first-order valence-electron chi connectivity index (χ1n) is 6.28. The number of nitrogens with one attached hydrogen (secondary N) is 1. The summed E-state index contributed by atoms with van der Waals surface area (Å²) >= 11 is 0. The number of aryl methyl sites for hydroxylation is 1. The van der Waals surface area contributed by atoms with E-state index in [0.717, 1.165) is 22.1 Å². The highest BCUT2D eigenvalue weighted by atomic mass is 16.3. The Morgan fingerprint density at radius 1 is 0.842 bits per heavy atom. The summed E-state index contributed by atoms with van der Waals surface area (Å²) in [6, 6.07) is 19.7. The molecular weight excluding hydrogens is 234 g/mol. The van der Waals surface area contributed by atoms with Crippen LogP contribution in [0.2, 0.25) is 0 Å². The van der Waals surface area contributed by atoms with Crippen molar-refractivity contribution in [2.75, 3.05) is 5.32 Å². The summed E-state index contributed by atoms with van der Waals surface area (Å²) in [4.78, 5) is 0. The van der Waals surface area contributed by atoms with Crippen molar-refractivity contribution in [3.8, 4) is 5.75 Å². The maximum atomic E-state index is 9.82. The standard InChI is InChI=1S/C17H15NO/c1-12-6-2-5-9-16(12)18-17-11-14(19)10-13-7-3-4-8-15(13)17/h2-11,18-19H,1H3. The molecule has 0 aliphatic carbocycles. The molecule has 0 saturated heterocycles. The summed E-state index contributed by atoms with van der Waals surface area (Å²) in [6.07, 6.45) is 0. The van der Waals surface area contributed by atoms with Gasteiger partial charge in [-0.3, -0.25) is 0 Å². The van der Waals surface area contributed by atoms with Crippen LogP contribution < -0.4 is 5.32 Å². The SMILES string of the molecule is Cc1ccccc1Nc1cc(O)cc2ccccc12. The van der Waals surface area contributed by atoms with Crippen molar-refractivity contribution in [3.05, 3.63) is 66.2 Å². The average molecular weight is 249 g/mol. The van der Waals surface area contributed by atoms with E-state index in [2.05, 4.69) is 24.4 Å². The molecule has 0 heterocycles. The Kier molecular flexibility index (Phi) is 2.84. The molecule has 0 spiro atoms. The van der Waals surface area contributed by atoms with E-state index in [4.69, 9.17) is 0 Å². The number of anilines is 2. The summed E-state index contributed by atoms with van der Waals surface area (Å²) < 4.78 is 0. The van der Waals surface area contributed by atoms with Crippen LogP contribution in [0.4, 0.5) is 11.4 Å². The van der Waals surface area contributed by atoms with Crippen LogP contribution in [0.5, 0.6) is 5.75 Å². The highest BCUT2D eigenvalue weighted by Crippen LogP contribution is 2.31. The third-order valence-corrected chi connectivity index (χ3v) is 3.26. The molecule has 0 fully saturated rings. The van der Waals surface area contributed by atoms with Gasteiger partial charge in [-0.1, -0.05) is 42.5 Å². The van der Waals surface area contributed by atoms with Crippen LogP contribution >= 0.6 is 0 Å². The van der Waals surface area contributed by atoms with E-state index in [1.165, 1.54) is 5.56 Å². The normalized spacial score (nSPS) is 10.6. The number of hydrogen-bond donors (Lipinski definition) is 2. The van der Waals surface area contributed by atoms with E-state index in [9.17, 15) is 5.11 Å². The molecule has 0 unspecified atom stereocenters. The van der Waals surface area contributed by atoms with Crippen molar-refractivity contribution in [2.45, 2.75) is 6.92 Å². The number of fused-ring (bicyclic) bond motifs is 1. The summed E-state index contributed by atoms with van der Waals surface area (Å²) in [7, 11) is 0. The molecule has 94 valence electrons. The second kappa shape index (κ2) is 4.65. The van der Waals surface area contributed by atoms with Crippen molar-refractivity contribution in [1.29, 1.82) is 0 Å². The van der Waals surface area contributed by atoms with Crippen LogP contribution in [0.15, 0.2) is 60.7 Å². The van der Waals surface area contributed by atoms with E-state index in [-0.39, 0.29) is 5.75 Å². The molecule has 19 heavy (non-hydrogen) atoms. The van der Waals surface area contributed by atoms with Gasteiger partial charge in [0.15, 0.2) is 0 Å². The number of benzene rings is 3. The van der Waals surface area contributed by atoms with Crippen LogP contribution in [-0.2, 0) is 0 Å². The van der Waals surface area contributed by atoms with Crippen LogP contribution in [0.3, 0.4) is 0 Å². The molecule has 3 aromatic carbocycles. The summed E-state index contributed by atoms with van der Waals surface area (Å²) in [5, 5.41) is 15.3. The molecule has 0 aromatic heterocycles. The van der Waals surface area contributed by atoms with E-state index in [1.54, 1.807) is 12.1 Å². The molecular formula is C17H15NO. The lowest BCUT2D eigenvalue weighted by Gasteiger charge is -2.12. The lowest BCUT2D eigenvalue weighted by Crippen LogP contribution is -1.93. The summed E-state index contributed by atoms with van der Waals surface area (Å²) in [5.74, 6) is 0.273. The number of phenolic OH excluding ortho intramolecular Hbond substituents is 1. The van der Waals surface area contributed by atoms with Gasteiger partial charge in [0.1, 0.15) is 5.75 Å². The Labute approximate surface area is 112 Å². The molecule has 2 heteroatoms. The van der Waals surface area contributed by atoms with Gasteiger partial charge in [-0.25, -0.2) is 0 Å². The van der Waals surface area contributed by atoms with Gasteiger partial charge in [0, 0.05) is 17.1 Å². The zero-order chi connectivity index (χ0) is 13.2. The Hall–Kier alpha value is -2.48. The molecule has 3 rings (SSSR count). The van der Waals surface area contributed by atoms with Gasteiger partial charge in [0.25, 0.3) is 0 Å². The van der Waals surface area contributed by atoms with Crippen LogP contribution in [0.25, 0.3) is 10.8 Å². The number of phenols is 1. The first kappa shape index (κ1) is 11.6. The minimum absolute atomic E-state index is 0.273. The third-order valence-electron chi connectivity index (χ3n) is 3.26. The van der Waals surface area contributed by atoms with E-state index >= 15 is 0 Å². The van der Waals surface area contributed by atoms with E-state index < -0.39 is 0 Å². The molecule has 0 saturated carbocycles. The Morgan fingerprint density at radius 3 is 2.42 bits per heavy atom. The maximum absolute atomic E-state index is 9.82. The van der Waals surface area contributed by atoms with Crippen molar-refractivity contribution < 1.29 is 5.11 Å². The zero-order valence-electron chi connectivity index (χ0n) is 10.7. The predicted octanol–water partition coefficient (Wildman–Crippen LogP) is 4.60. The molecule has 0 aliphatic heterocycles. The van der Waals surface area contributed by atoms with Crippen LogP contribution in [0, 0.1) is 6.92 Å². The van der Waals surface area contributed by atoms with Gasteiger partial charge in [-0.15, -0.1) is 0 Å². The molecule has 0 amide bonds. The van der Waals surface area contributed by atoms with Gasteiger partial charge >= 0.3 is 0 Å². The third kappa shape index (κ3) is 2.25. The van der Waals surface area contributed by atoms with Gasteiger partial charge in [0.2, 0.25) is 0 Å². The average Bonchev–Trinajstić information content (AvgIpc) is 2.41. The number of hydrogen-bond acceptors (Lipinski definition) is 2. The van der Waals surface area contributed by atoms with Crippen molar-refractivity contribution >= 4 is 22.1 Å². The predicted molar refractivity (Wildman–Crippen MR) is 80.1 cm³/mol. The van der Waals surface area contributed by atoms with E-state index in [0.29, 0.717) is 0 Å². The Morgan fingerprint density at radius 2 is 1.58 bits per heavy atom. The second-order valence-corrected chi connectivity index (χ2v) is 4.65. The Bertz CT molecular complexity index is 734. The van der Waals surface area contributed by atoms with Crippen LogP contribution in [0.1, 0.15) is 5.56 Å². The van der Waals surface area contributed by atoms with Gasteiger partial charge < -0.3 is 10.4 Å². The monoisotopic (exact) mass is 249 g/mol. The first-order chi connectivity index (χ1) is 9.24. The second-order valence-electron chi connectivity index (χ2n) is 4.65. The lowest BCUT2D eigenvalue weighted by molar-refractivity contribution is 0.476. The minimum atomic E-state index is 0.273. The molecule has 0 bridgehead atoms. The number of rotatable bonds is 2.